The lowest BCUT2D eigenvalue weighted by Gasteiger charge is -2.22. The molecule has 0 saturated carbocycles. The lowest BCUT2D eigenvalue weighted by atomic mass is 10.2. The molecule has 0 aliphatic rings. The number of nitrogens with zero attached hydrogens (tertiary/aromatic N) is 4. The van der Waals surface area contributed by atoms with E-state index in [1.165, 1.54) is 4.90 Å². The first kappa shape index (κ1) is 30.9. The maximum absolute atomic E-state index is 13.6. The standard InChI is InChI=1S/C28H42N4O6/c1-18(2)27(34)37-24-22(17-31(9)16-15-29(5)6)32(20-11-13-21(36-10)14-12-20)23(26(33)30(7)8)25(24)38-28(35)19(3)4/h11-14,18-19H,15-17H2,1-10H3. The summed E-state index contributed by atoms with van der Waals surface area (Å²) >= 11 is 0. The van der Waals surface area contributed by atoms with E-state index in [1.807, 2.05) is 21.1 Å². The Morgan fingerprint density at radius 1 is 0.816 bits per heavy atom. The molecule has 0 spiro atoms. The Morgan fingerprint density at radius 3 is 1.79 bits per heavy atom. The maximum atomic E-state index is 13.6. The molecule has 0 radical (unpaired) electrons. The van der Waals surface area contributed by atoms with Gasteiger partial charge in [0.15, 0.2) is 11.4 Å². The fourth-order valence-electron chi connectivity index (χ4n) is 3.48. The van der Waals surface area contributed by atoms with Crippen LogP contribution in [0.4, 0.5) is 0 Å². The van der Waals surface area contributed by atoms with Crippen molar-refractivity contribution in [3.05, 3.63) is 35.7 Å². The highest BCUT2D eigenvalue weighted by Gasteiger charge is 2.35. The minimum absolute atomic E-state index is 0.0652. The number of esters is 2. The Hall–Kier alpha value is -3.37. The molecule has 210 valence electrons. The van der Waals surface area contributed by atoms with Crippen molar-refractivity contribution in [1.82, 2.24) is 19.3 Å². The van der Waals surface area contributed by atoms with Crippen LogP contribution < -0.4 is 14.2 Å². The fourth-order valence-corrected chi connectivity index (χ4v) is 3.48. The van der Waals surface area contributed by atoms with E-state index in [4.69, 9.17) is 14.2 Å². The van der Waals surface area contributed by atoms with Gasteiger partial charge in [0.1, 0.15) is 5.75 Å². The van der Waals surface area contributed by atoms with Gasteiger partial charge in [0.05, 0.1) is 24.6 Å². The zero-order valence-electron chi connectivity index (χ0n) is 24.3. The number of amides is 1. The molecule has 0 bridgehead atoms. The third-order valence-corrected chi connectivity index (χ3v) is 5.81. The Balaban J connectivity index is 2.93. The Morgan fingerprint density at radius 2 is 1.34 bits per heavy atom. The number of hydrogen-bond donors (Lipinski definition) is 0. The third-order valence-electron chi connectivity index (χ3n) is 5.81. The highest BCUT2D eigenvalue weighted by molar-refractivity contribution is 5.99. The molecular formula is C28H42N4O6. The third kappa shape index (κ3) is 7.58. The largest absolute Gasteiger partial charge is 0.497 e. The van der Waals surface area contributed by atoms with Gasteiger partial charge in [-0.2, -0.15) is 0 Å². The highest BCUT2D eigenvalue weighted by Crippen LogP contribution is 2.42. The summed E-state index contributed by atoms with van der Waals surface area (Å²) in [7, 11) is 10.7. The first-order chi connectivity index (χ1) is 17.8. The van der Waals surface area contributed by atoms with Gasteiger partial charge in [-0.1, -0.05) is 27.7 Å². The topological polar surface area (TPSA) is 93.5 Å². The van der Waals surface area contributed by atoms with Gasteiger partial charge in [-0.25, -0.2) is 0 Å². The van der Waals surface area contributed by atoms with E-state index >= 15 is 0 Å². The van der Waals surface area contributed by atoms with Crippen LogP contribution in [0.3, 0.4) is 0 Å². The summed E-state index contributed by atoms with van der Waals surface area (Å²) < 4.78 is 18.7. The lowest BCUT2D eigenvalue weighted by molar-refractivity contribution is -0.140. The minimum Gasteiger partial charge on any atom is -0.497 e. The minimum atomic E-state index is -0.543. The highest BCUT2D eigenvalue weighted by atomic mass is 16.6. The SMILES string of the molecule is COc1ccc(-n2c(CN(C)CCN(C)C)c(OC(=O)C(C)C)c(OC(=O)C(C)C)c2C(=O)N(C)C)cc1. The van der Waals surface area contributed by atoms with Crippen LogP contribution >= 0.6 is 0 Å². The van der Waals surface area contributed by atoms with Crippen molar-refractivity contribution in [3.8, 4) is 22.9 Å². The zero-order chi connectivity index (χ0) is 28.7. The molecule has 1 heterocycles. The van der Waals surface area contributed by atoms with E-state index in [2.05, 4.69) is 9.80 Å². The van der Waals surface area contributed by atoms with Crippen molar-refractivity contribution in [1.29, 1.82) is 0 Å². The number of methoxy groups -OCH3 is 1. The number of aromatic nitrogens is 1. The normalized spacial score (nSPS) is 11.4. The summed E-state index contributed by atoms with van der Waals surface area (Å²) in [6, 6.07) is 7.16. The second-order valence-electron chi connectivity index (χ2n) is 10.4. The van der Waals surface area contributed by atoms with Crippen molar-refractivity contribution in [2.45, 2.75) is 34.2 Å². The van der Waals surface area contributed by atoms with E-state index < -0.39 is 29.7 Å². The molecule has 0 fully saturated rings. The van der Waals surface area contributed by atoms with Gasteiger partial charge in [-0.3, -0.25) is 19.3 Å². The molecule has 10 nitrogen and oxygen atoms in total. The molecule has 38 heavy (non-hydrogen) atoms. The summed E-state index contributed by atoms with van der Waals surface area (Å²) in [4.78, 5) is 44.9. The molecule has 0 N–H and O–H groups in total. The summed E-state index contributed by atoms with van der Waals surface area (Å²) in [5, 5.41) is 0. The summed E-state index contributed by atoms with van der Waals surface area (Å²) in [5.41, 5.74) is 1.24. The predicted molar refractivity (Wildman–Crippen MR) is 146 cm³/mol. The summed E-state index contributed by atoms with van der Waals surface area (Å²) in [6.07, 6.45) is 0. The van der Waals surface area contributed by atoms with Crippen molar-refractivity contribution < 1.29 is 28.6 Å². The van der Waals surface area contributed by atoms with Gasteiger partial charge in [0.25, 0.3) is 5.91 Å². The van der Waals surface area contributed by atoms with Crippen LogP contribution in [-0.4, -0.2) is 92.6 Å². The molecule has 0 aliphatic carbocycles. The van der Waals surface area contributed by atoms with Crippen molar-refractivity contribution in [3.63, 3.8) is 0 Å². The van der Waals surface area contributed by atoms with E-state index in [0.717, 1.165) is 6.54 Å². The average Bonchev–Trinajstić information content (AvgIpc) is 3.14. The van der Waals surface area contributed by atoms with Gasteiger partial charge in [-0.05, 0) is 45.4 Å². The summed E-state index contributed by atoms with van der Waals surface area (Å²) in [5.74, 6) is -1.72. The van der Waals surface area contributed by atoms with Crippen molar-refractivity contribution >= 4 is 17.8 Å². The lowest BCUT2D eigenvalue weighted by Crippen LogP contribution is -2.30. The predicted octanol–water partition coefficient (Wildman–Crippen LogP) is 3.30. The van der Waals surface area contributed by atoms with Crippen LogP contribution in [-0.2, 0) is 16.1 Å². The fraction of sp³-hybridized carbons (Fsp3) is 0.536. The van der Waals surface area contributed by atoms with Crippen LogP contribution in [0, 0.1) is 11.8 Å². The van der Waals surface area contributed by atoms with E-state index in [-0.39, 0.29) is 17.2 Å². The molecule has 2 aromatic rings. The van der Waals surface area contributed by atoms with Crippen LogP contribution in [0.5, 0.6) is 17.2 Å². The summed E-state index contributed by atoms with van der Waals surface area (Å²) in [6.45, 7) is 8.65. The Kier molecular flexibility index (Phi) is 10.9. The molecule has 1 aromatic carbocycles. The molecule has 2 rings (SSSR count). The number of ether oxygens (including phenoxy) is 3. The Labute approximate surface area is 226 Å². The number of carbonyl (C=O) groups excluding carboxylic acids is 3. The first-order valence-corrected chi connectivity index (χ1v) is 12.7. The van der Waals surface area contributed by atoms with E-state index in [9.17, 15) is 14.4 Å². The van der Waals surface area contributed by atoms with Crippen LogP contribution in [0.25, 0.3) is 5.69 Å². The van der Waals surface area contributed by atoms with Crippen LogP contribution in [0.15, 0.2) is 24.3 Å². The zero-order valence-corrected chi connectivity index (χ0v) is 24.3. The first-order valence-electron chi connectivity index (χ1n) is 12.7. The molecule has 0 saturated heterocycles. The van der Waals surface area contributed by atoms with Crippen LogP contribution in [0.2, 0.25) is 0 Å². The molecular weight excluding hydrogens is 488 g/mol. The second-order valence-corrected chi connectivity index (χ2v) is 10.4. The molecule has 0 aliphatic heterocycles. The monoisotopic (exact) mass is 530 g/mol. The van der Waals surface area contributed by atoms with Gasteiger partial charge in [0.2, 0.25) is 5.75 Å². The Bertz CT molecular complexity index is 1120. The molecule has 1 amide bonds. The average molecular weight is 531 g/mol. The number of carbonyl (C=O) groups is 3. The quantitative estimate of drug-likeness (QED) is 0.386. The van der Waals surface area contributed by atoms with Gasteiger partial charge >= 0.3 is 11.9 Å². The van der Waals surface area contributed by atoms with Gasteiger partial charge in [-0.15, -0.1) is 0 Å². The maximum Gasteiger partial charge on any atom is 0.313 e. The van der Waals surface area contributed by atoms with Crippen molar-refractivity contribution in [2.24, 2.45) is 11.8 Å². The van der Waals surface area contributed by atoms with Gasteiger partial charge < -0.3 is 28.6 Å². The second kappa shape index (κ2) is 13.4. The smallest absolute Gasteiger partial charge is 0.313 e. The van der Waals surface area contributed by atoms with Crippen LogP contribution in [0.1, 0.15) is 43.9 Å². The van der Waals surface area contributed by atoms with Crippen molar-refractivity contribution in [2.75, 3.05) is 55.4 Å². The molecule has 0 atom stereocenters. The number of hydrogen-bond acceptors (Lipinski definition) is 8. The molecule has 0 unspecified atom stereocenters. The number of benzene rings is 1. The number of rotatable bonds is 12. The van der Waals surface area contributed by atoms with E-state index in [1.54, 1.807) is 77.7 Å². The van der Waals surface area contributed by atoms with E-state index in [0.29, 0.717) is 30.2 Å². The van der Waals surface area contributed by atoms with Gasteiger partial charge in [0, 0.05) is 39.4 Å². The number of likely N-dealkylation sites (N-methyl/N-ethyl adjacent to an activating group) is 2. The molecule has 10 heteroatoms. The molecule has 1 aromatic heterocycles.